The summed E-state index contributed by atoms with van der Waals surface area (Å²) in [4.78, 5) is 2.61. The second-order valence-corrected chi connectivity index (χ2v) is 8.47. The third-order valence-electron chi connectivity index (χ3n) is 7.59. The van der Waals surface area contributed by atoms with E-state index in [1.807, 2.05) is 0 Å². The fourth-order valence-electron chi connectivity index (χ4n) is 5.46. The van der Waals surface area contributed by atoms with Gasteiger partial charge in [0.1, 0.15) is 0 Å². The van der Waals surface area contributed by atoms with Gasteiger partial charge in [-0.2, -0.15) is 0 Å². The van der Waals surface area contributed by atoms with Gasteiger partial charge >= 0.3 is 0 Å². The number of benzene rings is 2. The van der Waals surface area contributed by atoms with Crippen molar-refractivity contribution in [2.45, 2.75) is 57.5 Å². The molecule has 2 aromatic rings. The Bertz CT molecular complexity index is 951. The minimum Gasteiger partial charge on any atom is -0.360 e. The van der Waals surface area contributed by atoms with Gasteiger partial charge in [-0.15, -0.1) is 0 Å². The standard InChI is InChI=1S/C27H31N/c1-6-21-22(20-14-10-9-11-15-20)18-19-28-25(21)23-16-12-13-17-24(23)26(4,7-2)27(28,5)8-3/h6,9-19,25H,1,7-8H2,2-5H3. The molecule has 0 saturated heterocycles. The molecular formula is C27H31N. The van der Waals surface area contributed by atoms with Crippen molar-refractivity contribution in [3.8, 4) is 0 Å². The molecule has 144 valence electrons. The van der Waals surface area contributed by atoms with Crippen LogP contribution in [0.4, 0.5) is 0 Å². The molecule has 0 fully saturated rings. The summed E-state index contributed by atoms with van der Waals surface area (Å²) < 4.78 is 0. The Labute approximate surface area is 170 Å². The quantitative estimate of drug-likeness (QED) is 0.558. The second kappa shape index (κ2) is 6.81. The van der Waals surface area contributed by atoms with Gasteiger partial charge in [0.05, 0.1) is 6.04 Å². The van der Waals surface area contributed by atoms with E-state index < -0.39 is 0 Å². The third kappa shape index (κ3) is 2.38. The molecular weight excluding hydrogens is 338 g/mol. The number of fused-ring (bicyclic) bond motifs is 3. The monoisotopic (exact) mass is 369 g/mol. The topological polar surface area (TPSA) is 3.24 Å². The highest BCUT2D eigenvalue weighted by Crippen LogP contribution is 2.57. The SMILES string of the molecule is C=CC1=C(c2ccccc2)C=CN2C1c1ccccc1C(C)(CC)C2(C)CC. The van der Waals surface area contributed by atoms with E-state index in [9.17, 15) is 0 Å². The average molecular weight is 370 g/mol. The molecule has 28 heavy (non-hydrogen) atoms. The Morgan fingerprint density at radius 3 is 2.29 bits per heavy atom. The summed E-state index contributed by atoms with van der Waals surface area (Å²) in [5, 5.41) is 0. The maximum atomic E-state index is 4.24. The second-order valence-electron chi connectivity index (χ2n) is 8.47. The number of hydrogen-bond donors (Lipinski definition) is 0. The predicted octanol–water partition coefficient (Wildman–Crippen LogP) is 7.05. The molecule has 2 aliphatic heterocycles. The maximum Gasteiger partial charge on any atom is 0.0805 e. The molecule has 0 amide bonds. The normalized spacial score (nSPS) is 28.7. The van der Waals surface area contributed by atoms with E-state index in [1.54, 1.807) is 0 Å². The molecule has 0 N–H and O–H groups in total. The maximum absolute atomic E-state index is 4.24. The van der Waals surface area contributed by atoms with Gasteiger partial charge in [-0.1, -0.05) is 88.0 Å². The van der Waals surface area contributed by atoms with Crippen LogP contribution in [0, 0.1) is 0 Å². The number of nitrogens with zero attached hydrogens (tertiary/aromatic N) is 1. The predicted molar refractivity (Wildman–Crippen MR) is 120 cm³/mol. The van der Waals surface area contributed by atoms with E-state index in [-0.39, 0.29) is 17.0 Å². The molecule has 3 atom stereocenters. The summed E-state index contributed by atoms with van der Waals surface area (Å²) in [7, 11) is 0. The van der Waals surface area contributed by atoms with Crippen molar-refractivity contribution in [2.24, 2.45) is 0 Å². The smallest absolute Gasteiger partial charge is 0.0805 e. The van der Waals surface area contributed by atoms with E-state index >= 15 is 0 Å². The van der Waals surface area contributed by atoms with Crippen LogP contribution in [0.3, 0.4) is 0 Å². The van der Waals surface area contributed by atoms with Crippen molar-refractivity contribution in [2.75, 3.05) is 0 Å². The number of allylic oxidation sites excluding steroid dienone is 2. The van der Waals surface area contributed by atoms with E-state index in [0.29, 0.717) is 0 Å². The molecule has 0 saturated carbocycles. The molecule has 2 aromatic carbocycles. The fraction of sp³-hybridized carbons (Fsp3) is 0.333. The first-order valence-electron chi connectivity index (χ1n) is 10.5. The van der Waals surface area contributed by atoms with E-state index in [2.05, 4.69) is 112 Å². The first kappa shape index (κ1) is 18.8. The highest BCUT2D eigenvalue weighted by Gasteiger charge is 2.54. The molecule has 1 heteroatoms. The van der Waals surface area contributed by atoms with Crippen LogP contribution in [-0.4, -0.2) is 10.4 Å². The van der Waals surface area contributed by atoms with E-state index in [0.717, 1.165) is 12.8 Å². The molecule has 2 aliphatic rings. The minimum atomic E-state index is 0.0355. The van der Waals surface area contributed by atoms with E-state index in [4.69, 9.17) is 0 Å². The lowest BCUT2D eigenvalue weighted by atomic mass is 9.58. The Hall–Kier alpha value is -2.54. The number of hydrogen-bond acceptors (Lipinski definition) is 1. The lowest BCUT2D eigenvalue weighted by Crippen LogP contribution is -2.62. The highest BCUT2D eigenvalue weighted by atomic mass is 15.2. The summed E-state index contributed by atoms with van der Waals surface area (Å²) in [5.74, 6) is 0. The Morgan fingerprint density at radius 2 is 1.64 bits per heavy atom. The Morgan fingerprint density at radius 1 is 0.964 bits per heavy atom. The zero-order valence-electron chi connectivity index (χ0n) is 17.6. The van der Waals surface area contributed by atoms with Crippen LogP contribution >= 0.6 is 0 Å². The van der Waals surface area contributed by atoms with Crippen molar-refractivity contribution < 1.29 is 0 Å². The third-order valence-corrected chi connectivity index (χ3v) is 7.59. The molecule has 0 bridgehead atoms. The molecule has 3 unspecified atom stereocenters. The van der Waals surface area contributed by atoms with Gasteiger partial charge < -0.3 is 4.90 Å². The van der Waals surface area contributed by atoms with Crippen LogP contribution in [0.15, 0.2) is 85.1 Å². The summed E-state index contributed by atoms with van der Waals surface area (Å²) in [6, 6.07) is 20.0. The van der Waals surface area contributed by atoms with Crippen molar-refractivity contribution in [1.29, 1.82) is 0 Å². The van der Waals surface area contributed by atoms with Gasteiger partial charge in [0, 0.05) is 17.2 Å². The molecule has 0 aliphatic carbocycles. The minimum absolute atomic E-state index is 0.0355. The summed E-state index contributed by atoms with van der Waals surface area (Å²) in [6.45, 7) is 13.8. The van der Waals surface area contributed by atoms with Crippen LogP contribution in [0.2, 0.25) is 0 Å². The molecule has 2 heterocycles. The summed E-state index contributed by atoms with van der Waals surface area (Å²) >= 11 is 0. The molecule has 1 nitrogen and oxygen atoms in total. The van der Waals surface area contributed by atoms with Crippen LogP contribution < -0.4 is 0 Å². The van der Waals surface area contributed by atoms with Crippen LogP contribution in [0.1, 0.15) is 63.3 Å². The van der Waals surface area contributed by atoms with Crippen molar-refractivity contribution in [3.63, 3.8) is 0 Å². The molecule has 0 spiro atoms. The van der Waals surface area contributed by atoms with Gasteiger partial charge in [-0.3, -0.25) is 0 Å². The molecule has 0 aromatic heterocycles. The zero-order valence-corrected chi connectivity index (χ0v) is 17.6. The Balaban J connectivity index is 2.02. The fourth-order valence-corrected chi connectivity index (χ4v) is 5.46. The first-order chi connectivity index (χ1) is 13.5. The van der Waals surface area contributed by atoms with Gasteiger partial charge in [-0.25, -0.2) is 0 Å². The van der Waals surface area contributed by atoms with Crippen LogP contribution in [-0.2, 0) is 5.41 Å². The van der Waals surface area contributed by atoms with Gasteiger partial charge in [0.25, 0.3) is 0 Å². The van der Waals surface area contributed by atoms with Gasteiger partial charge in [-0.05, 0) is 53.7 Å². The average Bonchev–Trinajstić information content (AvgIpc) is 2.76. The largest absolute Gasteiger partial charge is 0.360 e. The number of rotatable bonds is 4. The van der Waals surface area contributed by atoms with Gasteiger partial charge in [0.15, 0.2) is 0 Å². The van der Waals surface area contributed by atoms with Crippen LogP contribution in [0.25, 0.3) is 5.57 Å². The zero-order chi connectivity index (χ0) is 19.9. The summed E-state index contributed by atoms with van der Waals surface area (Å²) in [5.41, 5.74) is 6.89. The van der Waals surface area contributed by atoms with E-state index in [1.165, 1.54) is 27.8 Å². The summed E-state index contributed by atoms with van der Waals surface area (Å²) in [6.07, 6.45) is 8.92. The molecule has 4 rings (SSSR count). The lowest BCUT2D eigenvalue weighted by molar-refractivity contribution is 0.0234. The van der Waals surface area contributed by atoms with Crippen molar-refractivity contribution in [3.05, 3.63) is 102 Å². The van der Waals surface area contributed by atoms with Crippen molar-refractivity contribution in [1.82, 2.24) is 4.90 Å². The highest BCUT2D eigenvalue weighted by molar-refractivity contribution is 5.81. The lowest BCUT2D eigenvalue weighted by Gasteiger charge is -2.61. The van der Waals surface area contributed by atoms with Gasteiger partial charge in [0.2, 0.25) is 0 Å². The van der Waals surface area contributed by atoms with Crippen molar-refractivity contribution >= 4 is 5.57 Å². The Kier molecular flexibility index (Phi) is 4.57. The first-order valence-corrected chi connectivity index (χ1v) is 10.5. The van der Waals surface area contributed by atoms with Crippen LogP contribution in [0.5, 0.6) is 0 Å². The molecule has 0 radical (unpaired) electrons.